The summed E-state index contributed by atoms with van der Waals surface area (Å²) < 4.78 is 11.9. The van der Waals surface area contributed by atoms with Crippen molar-refractivity contribution in [2.24, 2.45) is 0 Å². The highest BCUT2D eigenvalue weighted by molar-refractivity contribution is 9.10. The fourth-order valence-electron chi connectivity index (χ4n) is 3.56. The van der Waals surface area contributed by atoms with Gasteiger partial charge in [-0.1, -0.05) is 23.7 Å². The molecule has 0 atom stereocenters. The highest BCUT2D eigenvalue weighted by Gasteiger charge is 2.36. The van der Waals surface area contributed by atoms with Gasteiger partial charge in [-0.3, -0.25) is 14.4 Å². The summed E-state index contributed by atoms with van der Waals surface area (Å²) in [4.78, 5) is 39.2. The lowest BCUT2D eigenvalue weighted by molar-refractivity contribution is -0.118. The average molecular weight is 602 g/mol. The Morgan fingerprint density at radius 3 is 2.57 bits per heavy atom. The van der Waals surface area contributed by atoms with Gasteiger partial charge in [-0.05, 0) is 107 Å². The molecular weight excluding hydrogens is 580 g/mol. The summed E-state index contributed by atoms with van der Waals surface area (Å²) in [5.74, 6) is -0.0283. The van der Waals surface area contributed by atoms with Crippen LogP contribution < -0.4 is 19.7 Å². The van der Waals surface area contributed by atoms with Crippen LogP contribution in [0.3, 0.4) is 0 Å². The summed E-state index contributed by atoms with van der Waals surface area (Å²) in [5, 5.41) is 2.85. The first-order valence-electron chi connectivity index (χ1n) is 11.1. The molecule has 0 radical (unpaired) electrons. The molecule has 3 aromatic carbocycles. The number of benzene rings is 3. The standard InChI is InChI=1S/C27H22BrClN2O5S/c1-15-9-20(28)21(10-16(15)2)30-25(32)14-36-22-8-7-17(11-23(22)35-3)12-24-26(33)31(27(34)37-24)19-6-4-5-18(29)13-19/h4-13H,14H2,1-3H3,(H,30,32)/b24-12-. The molecule has 1 N–H and O–H groups in total. The number of carbonyl (C=O) groups excluding carboxylic acids is 3. The van der Waals surface area contributed by atoms with Gasteiger partial charge in [-0.25, -0.2) is 4.90 Å². The van der Waals surface area contributed by atoms with Gasteiger partial charge < -0.3 is 14.8 Å². The van der Waals surface area contributed by atoms with Crippen LogP contribution in [0.1, 0.15) is 16.7 Å². The topological polar surface area (TPSA) is 84.9 Å². The number of imide groups is 1. The van der Waals surface area contributed by atoms with Gasteiger partial charge in [0.05, 0.1) is 23.4 Å². The number of aryl methyl sites for hydroxylation is 2. The number of methoxy groups -OCH3 is 1. The number of carbonyl (C=O) groups is 3. The van der Waals surface area contributed by atoms with E-state index in [2.05, 4.69) is 21.2 Å². The lowest BCUT2D eigenvalue weighted by Crippen LogP contribution is -2.27. The number of amides is 3. The lowest BCUT2D eigenvalue weighted by atomic mass is 10.1. The maximum absolute atomic E-state index is 12.9. The minimum Gasteiger partial charge on any atom is -0.493 e. The number of thioether (sulfide) groups is 1. The van der Waals surface area contributed by atoms with E-state index >= 15 is 0 Å². The van der Waals surface area contributed by atoms with Gasteiger partial charge in [0.1, 0.15) is 0 Å². The first-order valence-corrected chi connectivity index (χ1v) is 13.1. The van der Waals surface area contributed by atoms with E-state index in [4.69, 9.17) is 21.1 Å². The second kappa shape index (κ2) is 11.4. The Morgan fingerprint density at radius 1 is 1.08 bits per heavy atom. The molecule has 10 heteroatoms. The first-order chi connectivity index (χ1) is 17.7. The Morgan fingerprint density at radius 2 is 1.84 bits per heavy atom. The maximum Gasteiger partial charge on any atom is 0.298 e. The zero-order chi connectivity index (χ0) is 26.7. The molecule has 3 aromatic rings. The van der Waals surface area contributed by atoms with Crippen LogP contribution in [0, 0.1) is 13.8 Å². The van der Waals surface area contributed by atoms with E-state index in [1.54, 1.807) is 48.5 Å². The summed E-state index contributed by atoms with van der Waals surface area (Å²) in [6, 6.07) is 15.4. The van der Waals surface area contributed by atoms with Crippen molar-refractivity contribution in [3.63, 3.8) is 0 Å². The highest BCUT2D eigenvalue weighted by Crippen LogP contribution is 2.37. The molecule has 1 aliphatic heterocycles. The van der Waals surface area contributed by atoms with E-state index in [9.17, 15) is 14.4 Å². The summed E-state index contributed by atoms with van der Waals surface area (Å²) in [5.41, 5.74) is 3.86. The quantitative estimate of drug-likeness (QED) is 0.294. The summed E-state index contributed by atoms with van der Waals surface area (Å²) in [6.45, 7) is 3.74. The van der Waals surface area contributed by atoms with Crippen molar-refractivity contribution in [1.82, 2.24) is 0 Å². The minimum atomic E-state index is -0.439. The van der Waals surface area contributed by atoms with Crippen molar-refractivity contribution in [2.45, 2.75) is 13.8 Å². The van der Waals surface area contributed by atoms with Crippen molar-refractivity contribution in [1.29, 1.82) is 0 Å². The number of halogens is 2. The van der Waals surface area contributed by atoms with Crippen molar-refractivity contribution < 1.29 is 23.9 Å². The summed E-state index contributed by atoms with van der Waals surface area (Å²) in [7, 11) is 1.48. The Bertz CT molecular complexity index is 1440. The van der Waals surface area contributed by atoms with Crippen LogP contribution >= 0.6 is 39.3 Å². The van der Waals surface area contributed by atoms with Crippen molar-refractivity contribution in [3.8, 4) is 11.5 Å². The Labute approximate surface area is 231 Å². The van der Waals surface area contributed by atoms with Crippen LogP contribution in [0.15, 0.2) is 64.0 Å². The van der Waals surface area contributed by atoms with E-state index in [-0.39, 0.29) is 17.4 Å². The predicted octanol–water partition coefficient (Wildman–Crippen LogP) is 6.99. The van der Waals surface area contributed by atoms with Crippen LogP contribution in [0.5, 0.6) is 11.5 Å². The lowest BCUT2D eigenvalue weighted by Gasteiger charge is -2.13. The molecule has 37 heavy (non-hydrogen) atoms. The number of rotatable bonds is 7. The molecule has 0 spiro atoms. The van der Waals surface area contributed by atoms with E-state index < -0.39 is 11.1 Å². The van der Waals surface area contributed by atoms with Gasteiger partial charge >= 0.3 is 0 Å². The predicted molar refractivity (Wildman–Crippen MR) is 151 cm³/mol. The van der Waals surface area contributed by atoms with Gasteiger partial charge in [0, 0.05) is 9.50 Å². The third kappa shape index (κ3) is 6.18. The van der Waals surface area contributed by atoms with Crippen LogP contribution in [-0.2, 0) is 9.59 Å². The van der Waals surface area contributed by atoms with Crippen molar-refractivity contribution >= 4 is 73.8 Å². The second-order valence-corrected chi connectivity index (χ2v) is 10.4. The average Bonchev–Trinajstić information content (AvgIpc) is 3.13. The normalized spacial score (nSPS) is 14.3. The zero-order valence-corrected chi connectivity index (χ0v) is 23.3. The minimum absolute atomic E-state index is 0.229. The number of nitrogens with zero attached hydrogens (tertiary/aromatic N) is 1. The third-order valence-electron chi connectivity index (χ3n) is 5.56. The van der Waals surface area contributed by atoms with Crippen LogP contribution in [0.25, 0.3) is 6.08 Å². The van der Waals surface area contributed by atoms with E-state index in [0.29, 0.717) is 33.5 Å². The summed E-state index contributed by atoms with van der Waals surface area (Å²) >= 11 is 10.3. The van der Waals surface area contributed by atoms with Crippen molar-refractivity contribution in [3.05, 3.63) is 85.7 Å². The van der Waals surface area contributed by atoms with Gasteiger partial charge in [0.15, 0.2) is 18.1 Å². The van der Waals surface area contributed by atoms with E-state index in [0.717, 1.165) is 32.3 Å². The van der Waals surface area contributed by atoms with E-state index in [1.807, 2.05) is 26.0 Å². The molecule has 0 bridgehead atoms. The molecule has 0 saturated carbocycles. The molecular formula is C27H22BrClN2O5S. The number of hydrogen-bond donors (Lipinski definition) is 1. The van der Waals surface area contributed by atoms with Gasteiger partial charge in [0.2, 0.25) is 0 Å². The first kappa shape index (κ1) is 26.8. The van der Waals surface area contributed by atoms with Crippen molar-refractivity contribution in [2.75, 3.05) is 23.9 Å². The molecule has 1 heterocycles. The summed E-state index contributed by atoms with van der Waals surface area (Å²) in [6.07, 6.45) is 1.60. The molecule has 1 fully saturated rings. The number of hydrogen-bond acceptors (Lipinski definition) is 6. The second-order valence-electron chi connectivity index (χ2n) is 8.16. The maximum atomic E-state index is 12.9. The van der Waals surface area contributed by atoms with Gasteiger partial charge in [-0.2, -0.15) is 0 Å². The molecule has 7 nitrogen and oxygen atoms in total. The molecule has 0 unspecified atom stereocenters. The zero-order valence-electron chi connectivity index (χ0n) is 20.1. The molecule has 3 amide bonds. The molecule has 4 rings (SSSR count). The number of ether oxygens (including phenoxy) is 2. The number of anilines is 2. The van der Waals surface area contributed by atoms with E-state index in [1.165, 1.54) is 7.11 Å². The highest BCUT2D eigenvalue weighted by atomic mass is 79.9. The van der Waals surface area contributed by atoms with Gasteiger partial charge in [0.25, 0.3) is 17.1 Å². The number of nitrogens with one attached hydrogen (secondary N) is 1. The smallest absolute Gasteiger partial charge is 0.298 e. The van der Waals surface area contributed by atoms with Crippen LogP contribution in [-0.4, -0.2) is 30.8 Å². The fourth-order valence-corrected chi connectivity index (χ4v) is 5.14. The fraction of sp³-hybridized carbons (Fsp3) is 0.148. The molecule has 1 saturated heterocycles. The monoisotopic (exact) mass is 600 g/mol. The Hall–Kier alpha value is -3.27. The third-order valence-corrected chi connectivity index (χ3v) is 7.32. The Balaban J connectivity index is 1.45. The Kier molecular flexibility index (Phi) is 8.26. The molecule has 0 aliphatic carbocycles. The molecule has 1 aliphatic rings. The van der Waals surface area contributed by atoms with Gasteiger partial charge in [-0.15, -0.1) is 0 Å². The molecule has 190 valence electrons. The SMILES string of the molecule is COc1cc(/C=C2\SC(=O)N(c3cccc(Cl)c3)C2=O)ccc1OCC(=O)Nc1cc(C)c(C)cc1Br. The van der Waals surface area contributed by atoms with Crippen LogP contribution in [0.4, 0.5) is 16.2 Å². The molecule has 0 aromatic heterocycles. The largest absolute Gasteiger partial charge is 0.493 e. The van der Waals surface area contributed by atoms with Crippen LogP contribution in [0.2, 0.25) is 5.02 Å².